The van der Waals surface area contributed by atoms with Crippen molar-refractivity contribution in [2.45, 2.75) is 6.10 Å². The summed E-state index contributed by atoms with van der Waals surface area (Å²) in [7, 11) is 1.75. The fourth-order valence-corrected chi connectivity index (χ4v) is 1.08. The van der Waals surface area contributed by atoms with Gasteiger partial charge in [0.05, 0.1) is 19.4 Å². The van der Waals surface area contributed by atoms with Gasteiger partial charge in [-0.25, -0.2) is 4.68 Å². The molecule has 1 fully saturated rings. The van der Waals surface area contributed by atoms with E-state index in [4.69, 9.17) is 14.7 Å². The Hall–Kier alpha value is -1.27. The highest BCUT2D eigenvalue weighted by molar-refractivity contribution is 5.49. The SMILES string of the molecule is Cn1ncc(NO)c1OC1COC1. The second-order valence-electron chi connectivity index (χ2n) is 2.88. The van der Waals surface area contributed by atoms with Crippen LogP contribution in [0, 0.1) is 0 Å². The third-order valence-corrected chi connectivity index (χ3v) is 1.89. The average molecular weight is 185 g/mol. The number of rotatable bonds is 3. The average Bonchev–Trinajstić information content (AvgIpc) is 2.39. The molecule has 72 valence electrons. The predicted molar refractivity (Wildman–Crippen MR) is 43.9 cm³/mol. The fraction of sp³-hybridized carbons (Fsp3) is 0.571. The Morgan fingerprint density at radius 1 is 1.77 bits per heavy atom. The number of hydrogen-bond donors (Lipinski definition) is 2. The number of aromatic nitrogens is 2. The van der Waals surface area contributed by atoms with Crippen molar-refractivity contribution >= 4 is 5.69 Å². The lowest BCUT2D eigenvalue weighted by Gasteiger charge is -2.26. The second-order valence-corrected chi connectivity index (χ2v) is 2.88. The minimum Gasteiger partial charge on any atom is -0.468 e. The molecule has 0 aromatic carbocycles. The topological polar surface area (TPSA) is 68.5 Å². The lowest BCUT2D eigenvalue weighted by molar-refractivity contribution is -0.0824. The van der Waals surface area contributed by atoms with E-state index < -0.39 is 0 Å². The third-order valence-electron chi connectivity index (χ3n) is 1.89. The second kappa shape index (κ2) is 3.23. The molecule has 0 aliphatic carbocycles. The van der Waals surface area contributed by atoms with Crippen LogP contribution in [0.25, 0.3) is 0 Å². The summed E-state index contributed by atoms with van der Waals surface area (Å²) >= 11 is 0. The van der Waals surface area contributed by atoms with Gasteiger partial charge in [-0.1, -0.05) is 0 Å². The summed E-state index contributed by atoms with van der Waals surface area (Å²) in [4.78, 5) is 0. The molecule has 0 unspecified atom stereocenters. The molecule has 13 heavy (non-hydrogen) atoms. The minimum absolute atomic E-state index is 0.0718. The smallest absolute Gasteiger partial charge is 0.238 e. The van der Waals surface area contributed by atoms with E-state index >= 15 is 0 Å². The number of hydrogen-bond acceptors (Lipinski definition) is 5. The molecule has 6 nitrogen and oxygen atoms in total. The van der Waals surface area contributed by atoms with Crippen molar-refractivity contribution < 1.29 is 14.7 Å². The molecule has 1 aromatic heterocycles. The Labute approximate surface area is 75.0 Å². The number of ether oxygens (including phenoxy) is 2. The molecule has 6 heteroatoms. The van der Waals surface area contributed by atoms with Crippen LogP contribution in [0.5, 0.6) is 5.88 Å². The van der Waals surface area contributed by atoms with Crippen molar-refractivity contribution in [2.75, 3.05) is 18.7 Å². The Morgan fingerprint density at radius 2 is 2.54 bits per heavy atom. The van der Waals surface area contributed by atoms with Crippen molar-refractivity contribution in [1.82, 2.24) is 9.78 Å². The van der Waals surface area contributed by atoms with Gasteiger partial charge in [0.15, 0.2) is 0 Å². The molecule has 0 atom stereocenters. The molecule has 1 aliphatic heterocycles. The minimum atomic E-state index is 0.0718. The first-order chi connectivity index (χ1) is 6.31. The summed E-state index contributed by atoms with van der Waals surface area (Å²) in [6, 6.07) is 0. The van der Waals surface area contributed by atoms with Crippen LogP contribution >= 0.6 is 0 Å². The maximum Gasteiger partial charge on any atom is 0.238 e. The van der Waals surface area contributed by atoms with Crippen LogP contribution in [-0.2, 0) is 11.8 Å². The van der Waals surface area contributed by atoms with E-state index in [1.165, 1.54) is 6.20 Å². The number of aryl methyl sites for hydroxylation is 1. The fourth-order valence-electron chi connectivity index (χ4n) is 1.08. The highest BCUT2D eigenvalue weighted by Gasteiger charge is 2.23. The first-order valence-electron chi connectivity index (χ1n) is 3.97. The van der Waals surface area contributed by atoms with E-state index in [0.29, 0.717) is 24.8 Å². The number of nitrogens with one attached hydrogen (secondary N) is 1. The number of anilines is 1. The summed E-state index contributed by atoms with van der Waals surface area (Å²) in [5.41, 5.74) is 2.49. The van der Waals surface area contributed by atoms with Crippen LogP contribution in [-0.4, -0.2) is 34.3 Å². The molecule has 0 radical (unpaired) electrons. The van der Waals surface area contributed by atoms with Gasteiger partial charge in [-0.3, -0.25) is 10.7 Å². The molecular weight excluding hydrogens is 174 g/mol. The molecule has 1 aliphatic rings. The highest BCUT2D eigenvalue weighted by Crippen LogP contribution is 2.24. The predicted octanol–water partition coefficient (Wildman–Crippen LogP) is -0.00120. The van der Waals surface area contributed by atoms with Crippen LogP contribution in [0.15, 0.2) is 6.20 Å². The Morgan fingerprint density at radius 3 is 3.08 bits per heavy atom. The van der Waals surface area contributed by atoms with Crippen molar-refractivity contribution in [3.05, 3.63) is 6.20 Å². The van der Waals surface area contributed by atoms with Crippen LogP contribution in [0.2, 0.25) is 0 Å². The highest BCUT2D eigenvalue weighted by atomic mass is 16.6. The van der Waals surface area contributed by atoms with E-state index in [1.54, 1.807) is 11.7 Å². The van der Waals surface area contributed by atoms with Crippen molar-refractivity contribution in [3.63, 3.8) is 0 Å². The van der Waals surface area contributed by atoms with Gasteiger partial charge in [-0.15, -0.1) is 0 Å². The summed E-state index contributed by atoms with van der Waals surface area (Å²) < 4.78 is 12.0. The normalized spacial score (nSPS) is 16.8. The zero-order valence-electron chi connectivity index (χ0n) is 7.23. The molecule has 0 spiro atoms. The first kappa shape index (κ1) is 8.33. The van der Waals surface area contributed by atoms with Crippen molar-refractivity contribution in [2.24, 2.45) is 7.05 Å². The zero-order chi connectivity index (χ0) is 9.26. The van der Waals surface area contributed by atoms with Crippen LogP contribution < -0.4 is 10.2 Å². The van der Waals surface area contributed by atoms with E-state index in [2.05, 4.69) is 5.10 Å². The summed E-state index contributed by atoms with van der Waals surface area (Å²) in [6.45, 7) is 1.19. The zero-order valence-corrected chi connectivity index (χ0v) is 7.23. The lowest BCUT2D eigenvalue weighted by Crippen LogP contribution is -2.39. The standard InChI is InChI=1S/C7H11N3O3/c1-10-7(6(9-11)2-8-10)13-5-3-12-4-5/h2,5,9,11H,3-4H2,1H3. The molecule has 2 heterocycles. The van der Waals surface area contributed by atoms with Gasteiger partial charge >= 0.3 is 0 Å². The maximum atomic E-state index is 8.72. The number of nitrogens with zero attached hydrogens (tertiary/aromatic N) is 2. The lowest BCUT2D eigenvalue weighted by atomic mass is 10.3. The van der Waals surface area contributed by atoms with E-state index in [-0.39, 0.29) is 6.10 Å². The monoisotopic (exact) mass is 185 g/mol. The summed E-state index contributed by atoms with van der Waals surface area (Å²) in [5, 5.41) is 12.6. The first-order valence-corrected chi connectivity index (χ1v) is 3.97. The van der Waals surface area contributed by atoms with Crippen molar-refractivity contribution in [1.29, 1.82) is 0 Å². The van der Waals surface area contributed by atoms with Gasteiger partial charge in [-0.2, -0.15) is 5.10 Å². The molecule has 1 aromatic rings. The van der Waals surface area contributed by atoms with Gasteiger partial charge in [0.1, 0.15) is 11.8 Å². The summed E-state index contributed by atoms with van der Waals surface area (Å²) in [5.74, 6) is 0.524. The Balaban J connectivity index is 2.11. The molecule has 0 saturated carbocycles. The van der Waals surface area contributed by atoms with E-state index in [0.717, 1.165) is 0 Å². The van der Waals surface area contributed by atoms with Gasteiger partial charge in [0.2, 0.25) is 5.88 Å². The molecule has 1 saturated heterocycles. The molecule has 0 bridgehead atoms. The molecule has 0 amide bonds. The summed E-state index contributed by atoms with van der Waals surface area (Å²) in [6.07, 6.45) is 1.57. The molecule has 2 N–H and O–H groups in total. The molecule has 2 rings (SSSR count). The quantitative estimate of drug-likeness (QED) is 0.649. The van der Waals surface area contributed by atoms with Crippen molar-refractivity contribution in [3.8, 4) is 5.88 Å². The van der Waals surface area contributed by atoms with E-state index in [1.807, 2.05) is 5.48 Å². The largest absolute Gasteiger partial charge is 0.468 e. The Bertz CT molecular complexity index is 295. The van der Waals surface area contributed by atoms with Gasteiger partial charge in [0, 0.05) is 7.05 Å². The van der Waals surface area contributed by atoms with Crippen LogP contribution in [0.1, 0.15) is 0 Å². The van der Waals surface area contributed by atoms with Gasteiger partial charge in [0.25, 0.3) is 0 Å². The Kier molecular flexibility index (Phi) is 2.07. The van der Waals surface area contributed by atoms with E-state index in [9.17, 15) is 0 Å². The van der Waals surface area contributed by atoms with Crippen LogP contribution in [0.4, 0.5) is 5.69 Å². The third kappa shape index (κ3) is 1.45. The van der Waals surface area contributed by atoms with Gasteiger partial charge in [-0.05, 0) is 0 Å². The van der Waals surface area contributed by atoms with Gasteiger partial charge < -0.3 is 9.47 Å². The molecular formula is C7H11N3O3. The van der Waals surface area contributed by atoms with Crippen LogP contribution in [0.3, 0.4) is 0 Å². The maximum absolute atomic E-state index is 8.72.